The van der Waals surface area contributed by atoms with Gasteiger partial charge in [-0.15, -0.1) is 11.8 Å². The van der Waals surface area contributed by atoms with Gasteiger partial charge < -0.3 is 15.4 Å². The first kappa shape index (κ1) is 20.2. The molecule has 2 aromatic carbocycles. The van der Waals surface area contributed by atoms with Crippen LogP contribution in [-0.4, -0.2) is 37.8 Å². The Kier molecular flexibility index (Phi) is 7.90. The molecule has 2 amide bonds. The van der Waals surface area contributed by atoms with Gasteiger partial charge in [-0.2, -0.15) is 0 Å². The number of halogens is 2. The Hall–Kier alpha value is -2.09. The van der Waals surface area contributed by atoms with Crippen molar-refractivity contribution in [2.45, 2.75) is 4.90 Å². The maximum atomic E-state index is 13.5. The van der Waals surface area contributed by atoms with Crippen molar-refractivity contribution < 1.29 is 18.7 Å². The highest BCUT2D eigenvalue weighted by molar-refractivity contribution is 8.00. The summed E-state index contributed by atoms with van der Waals surface area (Å²) < 4.78 is 18.4. The molecule has 8 heteroatoms. The lowest BCUT2D eigenvalue weighted by Crippen LogP contribution is -2.28. The lowest BCUT2D eigenvalue weighted by Gasteiger charge is -2.10. The normalized spacial score (nSPS) is 10.4. The Labute approximate surface area is 160 Å². The number of hydrogen-bond donors (Lipinski definition) is 2. The second-order valence-electron chi connectivity index (χ2n) is 5.21. The molecule has 0 unspecified atom stereocenters. The van der Waals surface area contributed by atoms with Crippen LogP contribution in [0.15, 0.2) is 47.4 Å². The fourth-order valence-corrected chi connectivity index (χ4v) is 3.04. The summed E-state index contributed by atoms with van der Waals surface area (Å²) in [6, 6.07) is 10.9. The van der Waals surface area contributed by atoms with Gasteiger partial charge in [-0.05, 0) is 30.3 Å². The van der Waals surface area contributed by atoms with Crippen LogP contribution in [0.4, 0.5) is 10.1 Å². The predicted octanol–water partition coefficient (Wildman–Crippen LogP) is 3.59. The van der Waals surface area contributed by atoms with E-state index in [-0.39, 0.29) is 16.7 Å². The number of amides is 2. The smallest absolute Gasteiger partial charge is 0.256 e. The molecule has 0 spiro atoms. The van der Waals surface area contributed by atoms with Crippen LogP contribution >= 0.6 is 23.4 Å². The monoisotopic (exact) mass is 396 g/mol. The minimum Gasteiger partial charge on any atom is -0.383 e. The molecule has 0 bridgehead atoms. The van der Waals surface area contributed by atoms with Gasteiger partial charge in [-0.25, -0.2) is 4.39 Å². The molecular formula is C18H18ClFN2O3S. The zero-order valence-corrected chi connectivity index (χ0v) is 15.6. The van der Waals surface area contributed by atoms with Crippen LogP contribution in [0.1, 0.15) is 10.4 Å². The van der Waals surface area contributed by atoms with Gasteiger partial charge in [0.2, 0.25) is 5.91 Å². The Balaban J connectivity index is 2.01. The summed E-state index contributed by atoms with van der Waals surface area (Å²) in [6.07, 6.45) is 0. The summed E-state index contributed by atoms with van der Waals surface area (Å²) in [5.41, 5.74) is 0.701. The van der Waals surface area contributed by atoms with Gasteiger partial charge >= 0.3 is 0 Å². The molecule has 0 radical (unpaired) electrons. The van der Waals surface area contributed by atoms with Gasteiger partial charge in [0, 0.05) is 24.2 Å². The Morgan fingerprint density at radius 1 is 1.23 bits per heavy atom. The predicted molar refractivity (Wildman–Crippen MR) is 101 cm³/mol. The van der Waals surface area contributed by atoms with E-state index in [2.05, 4.69) is 10.6 Å². The molecule has 0 saturated carbocycles. The Morgan fingerprint density at radius 2 is 2.00 bits per heavy atom. The maximum absolute atomic E-state index is 13.5. The molecule has 26 heavy (non-hydrogen) atoms. The van der Waals surface area contributed by atoms with Gasteiger partial charge in [0.1, 0.15) is 5.82 Å². The minimum atomic E-state index is -0.611. The lowest BCUT2D eigenvalue weighted by atomic mass is 10.2. The van der Waals surface area contributed by atoms with E-state index in [1.165, 1.54) is 23.9 Å². The van der Waals surface area contributed by atoms with Crippen LogP contribution < -0.4 is 10.6 Å². The number of carbonyl (C=O) groups is 2. The number of hydrogen-bond acceptors (Lipinski definition) is 4. The number of carbonyl (C=O) groups excluding carboxylic acids is 2. The molecule has 0 aliphatic carbocycles. The Bertz CT molecular complexity index is 789. The van der Waals surface area contributed by atoms with Crippen molar-refractivity contribution in [3.63, 3.8) is 0 Å². The third kappa shape index (κ3) is 6.01. The number of anilines is 1. The van der Waals surface area contributed by atoms with Crippen LogP contribution in [-0.2, 0) is 9.53 Å². The fourth-order valence-electron chi connectivity index (χ4n) is 2.04. The first-order chi connectivity index (χ1) is 12.5. The number of rotatable bonds is 8. The van der Waals surface area contributed by atoms with Crippen molar-refractivity contribution in [2.75, 3.05) is 31.3 Å². The van der Waals surface area contributed by atoms with Crippen molar-refractivity contribution in [1.82, 2.24) is 5.32 Å². The average molecular weight is 397 g/mol. The molecular weight excluding hydrogens is 379 g/mol. The molecule has 2 aromatic rings. The van der Waals surface area contributed by atoms with Crippen molar-refractivity contribution in [2.24, 2.45) is 0 Å². The SMILES string of the molecule is COCCNC(=O)CSc1ccccc1C(=O)Nc1ccc(Cl)c(F)c1. The zero-order valence-electron chi connectivity index (χ0n) is 14.1. The Morgan fingerprint density at radius 3 is 2.73 bits per heavy atom. The van der Waals surface area contributed by atoms with Gasteiger partial charge in [-0.1, -0.05) is 23.7 Å². The van der Waals surface area contributed by atoms with Crippen LogP contribution in [0.25, 0.3) is 0 Å². The molecule has 0 heterocycles. The lowest BCUT2D eigenvalue weighted by molar-refractivity contribution is -0.118. The van der Waals surface area contributed by atoms with Gasteiger partial charge in [0.15, 0.2) is 0 Å². The van der Waals surface area contributed by atoms with Crippen LogP contribution in [0.3, 0.4) is 0 Å². The summed E-state index contributed by atoms with van der Waals surface area (Å²) in [5.74, 6) is -0.986. The van der Waals surface area contributed by atoms with E-state index >= 15 is 0 Å². The fraction of sp³-hybridized carbons (Fsp3) is 0.222. The molecule has 0 aliphatic rings. The van der Waals surface area contributed by atoms with E-state index in [0.717, 1.165) is 6.07 Å². The van der Waals surface area contributed by atoms with E-state index in [4.69, 9.17) is 16.3 Å². The molecule has 138 valence electrons. The number of nitrogens with one attached hydrogen (secondary N) is 2. The molecule has 5 nitrogen and oxygen atoms in total. The molecule has 2 N–H and O–H groups in total. The van der Waals surface area contributed by atoms with E-state index in [1.807, 2.05) is 0 Å². The molecule has 0 aromatic heterocycles. The number of methoxy groups -OCH3 is 1. The molecule has 0 fully saturated rings. The van der Waals surface area contributed by atoms with Crippen molar-refractivity contribution >= 4 is 40.9 Å². The minimum absolute atomic E-state index is 0.0153. The third-order valence-electron chi connectivity index (χ3n) is 3.30. The summed E-state index contributed by atoms with van der Waals surface area (Å²) in [6.45, 7) is 0.868. The standard InChI is InChI=1S/C18H18ClFN2O3S/c1-25-9-8-21-17(23)11-26-16-5-3-2-4-13(16)18(24)22-12-6-7-14(19)15(20)10-12/h2-7,10H,8-9,11H2,1H3,(H,21,23)(H,22,24). The number of thioether (sulfide) groups is 1. The van der Waals surface area contributed by atoms with Crippen LogP contribution in [0.2, 0.25) is 5.02 Å². The zero-order chi connectivity index (χ0) is 18.9. The van der Waals surface area contributed by atoms with Crippen molar-refractivity contribution in [3.8, 4) is 0 Å². The van der Waals surface area contributed by atoms with Crippen LogP contribution in [0.5, 0.6) is 0 Å². The molecule has 0 aliphatic heterocycles. The van der Waals surface area contributed by atoms with Gasteiger partial charge in [0.25, 0.3) is 5.91 Å². The van der Waals surface area contributed by atoms with E-state index in [9.17, 15) is 14.0 Å². The second kappa shape index (κ2) is 10.2. The summed E-state index contributed by atoms with van der Waals surface area (Å²) in [7, 11) is 1.56. The average Bonchev–Trinajstić information content (AvgIpc) is 2.63. The first-order valence-corrected chi connectivity index (χ1v) is 9.11. The maximum Gasteiger partial charge on any atom is 0.256 e. The number of ether oxygens (including phenoxy) is 1. The van der Waals surface area contributed by atoms with E-state index < -0.39 is 11.7 Å². The summed E-state index contributed by atoms with van der Waals surface area (Å²) >= 11 is 6.89. The quantitative estimate of drug-likeness (QED) is 0.528. The third-order valence-corrected chi connectivity index (χ3v) is 4.68. The van der Waals surface area contributed by atoms with Gasteiger partial charge in [0.05, 0.1) is 22.9 Å². The van der Waals surface area contributed by atoms with Crippen molar-refractivity contribution in [3.05, 3.63) is 58.9 Å². The molecule has 2 rings (SSSR count). The summed E-state index contributed by atoms with van der Waals surface area (Å²) in [5, 5.41) is 5.33. The van der Waals surface area contributed by atoms with Crippen LogP contribution in [0, 0.1) is 5.82 Å². The highest BCUT2D eigenvalue weighted by Crippen LogP contribution is 2.24. The molecule has 0 saturated heterocycles. The van der Waals surface area contributed by atoms with Gasteiger partial charge in [-0.3, -0.25) is 9.59 Å². The topological polar surface area (TPSA) is 67.4 Å². The van der Waals surface area contributed by atoms with Crippen molar-refractivity contribution in [1.29, 1.82) is 0 Å². The largest absolute Gasteiger partial charge is 0.383 e. The van der Waals surface area contributed by atoms with E-state index in [1.54, 1.807) is 31.4 Å². The highest BCUT2D eigenvalue weighted by atomic mass is 35.5. The van der Waals surface area contributed by atoms with E-state index in [0.29, 0.717) is 29.3 Å². The molecule has 0 atom stereocenters. The summed E-state index contributed by atoms with van der Waals surface area (Å²) in [4.78, 5) is 24.9. The second-order valence-corrected chi connectivity index (χ2v) is 6.63. The highest BCUT2D eigenvalue weighted by Gasteiger charge is 2.13. The first-order valence-electron chi connectivity index (χ1n) is 7.75. The number of benzene rings is 2.